The quantitative estimate of drug-likeness (QED) is 0.0358. The Balaban J connectivity index is 2.16. The third kappa shape index (κ3) is 25.5. The number of fused-ring (bicyclic) bond motifs is 2. The summed E-state index contributed by atoms with van der Waals surface area (Å²) in [5.74, 6) is -21.9. The first-order valence-corrected chi connectivity index (χ1v) is 31.1. The van der Waals surface area contributed by atoms with Crippen LogP contribution in [0.2, 0.25) is 0 Å². The molecule has 514 valence electrons. The van der Waals surface area contributed by atoms with Crippen LogP contribution in [0.15, 0.2) is 12.2 Å². The summed E-state index contributed by atoms with van der Waals surface area (Å²) in [5, 5.41) is 62.3. The summed E-state index contributed by atoms with van der Waals surface area (Å²) in [6.45, 7) is 8.70. The highest BCUT2D eigenvalue weighted by atomic mass is 16.4. The van der Waals surface area contributed by atoms with Gasteiger partial charge in [0, 0.05) is 25.6 Å². The van der Waals surface area contributed by atoms with E-state index in [-0.39, 0.29) is 51.6 Å². The van der Waals surface area contributed by atoms with Crippen molar-refractivity contribution in [2.24, 2.45) is 23.5 Å². The van der Waals surface area contributed by atoms with Crippen LogP contribution in [0.3, 0.4) is 0 Å². The van der Waals surface area contributed by atoms with Gasteiger partial charge in [0.05, 0.1) is 44.3 Å². The van der Waals surface area contributed by atoms with Crippen molar-refractivity contribution in [1.29, 1.82) is 0 Å². The molecule has 0 bridgehead atoms. The van der Waals surface area contributed by atoms with Crippen molar-refractivity contribution in [2.75, 3.05) is 26.2 Å². The molecule has 3 saturated heterocycles. The Kier molecular flexibility index (Phi) is 32.1. The fourth-order valence-electron chi connectivity index (χ4n) is 10.6. The number of carbonyl (C=O) groups excluding carboxylic acids is 12. The van der Waals surface area contributed by atoms with Gasteiger partial charge in [-0.3, -0.25) is 76.7 Å². The third-order valence-electron chi connectivity index (χ3n) is 15.7. The topological polar surface area (TPSA) is 507 Å². The lowest BCUT2D eigenvalue weighted by Gasteiger charge is -2.39. The maximum atomic E-state index is 15.2. The van der Waals surface area contributed by atoms with Crippen LogP contribution in [0.25, 0.3) is 0 Å². The number of piperidine rings is 1. The summed E-state index contributed by atoms with van der Waals surface area (Å²) < 4.78 is 0. The molecular formula is C59H93N13O20. The molecule has 3 aliphatic rings. The zero-order valence-electron chi connectivity index (χ0n) is 53.2. The average Bonchev–Trinajstić information content (AvgIpc) is 1.26. The molecule has 3 aliphatic heterocycles. The number of unbranched alkanes of at least 4 members (excludes halogenated alkanes) is 5. The number of aliphatic carboxylic acids is 4. The highest BCUT2D eigenvalue weighted by Crippen LogP contribution is 2.24. The highest BCUT2D eigenvalue weighted by Gasteiger charge is 2.45. The van der Waals surface area contributed by atoms with Gasteiger partial charge in [0.15, 0.2) is 0 Å². The molecule has 0 aromatic rings. The lowest BCUT2D eigenvalue weighted by Crippen LogP contribution is -2.66. The zero-order valence-corrected chi connectivity index (χ0v) is 53.2. The van der Waals surface area contributed by atoms with Crippen molar-refractivity contribution in [3.05, 3.63) is 12.2 Å². The number of amides is 12. The number of carboxylic acids is 4. The predicted molar refractivity (Wildman–Crippen MR) is 324 cm³/mol. The summed E-state index contributed by atoms with van der Waals surface area (Å²) >= 11 is 0. The molecule has 0 spiro atoms. The van der Waals surface area contributed by atoms with E-state index in [1.54, 1.807) is 26.0 Å². The van der Waals surface area contributed by atoms with Gasteiger partial charge in [-0.2, -0.15) is 0 Å². The summed E-state index contributed by atoms with van der Waals surface area (Å²) in [4.78, 5) is 218. The van der Waals surface area contributed by atoms with E-state index in [1.807, 2.05) is 10.6 Å². The second-order valence-electron chi connectivity index (χ2n) is 24.2. The Labute approximate surface area is 532 Å². The number of allylic oxidation sites excluding steroid dienone is 1. The van der Waals surface area contributed by atoms with Gasteiger partial charge >= 0.3 is 23.9 Å². The van der Waals surface area contributed by atoms with Gasteiger partial charge in [-0.15, -0.1) is 0 Å². The van der Waals surface area contributed by atoms with Crippen LogP contribution in [0, 0.1) is 17.8 Å². The minimum absolute atomic E-state index is 0.0223. The van der Waals surface area contributed by atoms with E-state index in [1.165, 1.54) is 13.8 Å². The molecular weight excluding hydrogens is 1210 g/mol. The van der Waals surface area contributed by atoms with Gasteiger partial charge in [-0.05, 0) is 77.6 Å². The molecule has 0 radical (unpaired) electrons. The first kappa shape index (κ1) is 77.5. The van der Waals surface area contributed by atoms with Crippen LogP contribution in [-0.4, -0.2) is 218 Å². The zero-order chi connectivity index (χ0) is 69.1. The summed E-state index contributed by atoms with van der Waals surface area (Å²) in [5.41, 5.74) is 6.11. The van der Waals surface area contributed by atoms with Gasteiger partial charge in [0.1, 0.15) is 54.4 Å². The van der Waals surface area contributed by atoms with Crippen LogP contribution < -0.4 is 58.9 Å². The first-order valence-electron chi connectivity index (χ1n) is 31.1. The second-order valence-corrected chi connectivity index (χ2v) is 24.2. The van der Waals surface area contributed by atoms with Crippen LogP contribution in [0.5, 0.6) is 0 Å². The largest absolute Gasteiger partial charge is 0.481 e. The molecule has 0 aromatic carbocycles. The molecule has 33 nitrogen and oxygen atoms in total. The monoisotopic (exact) mass is 1300 g/mol. The van der Waals surface area contributed by atoms with Gasteiger partial charge in [-0.1, -0.05) is 72.0 Å². The highest BCUT2D eigenvalue weighted by molar-refractivity contribution is 6.01. The third-order valence-corrected chi connectivity index (χ3v) is 15.7. The van der Waals surface area contributed by atoms with Crippen molar-refractivity contribution in [3.8, 4) is 0 Å². The fourth-order valence-corrected chi connectivity index (χ4v) is 10.6. The standard InChI is InChI=1S/C59H93N13O20/c1-30(2)19-14-12-10-8-9-11-13-15-22-40(73)64-37(27-45(80)81)52(84)70-49-34(7)63-53(85)39-21-18-24-72(39)57(89)46(31(3)4)68-56(88)48(33(6)60)67-42(75)29-62-50(82)35(25-43(76)77)65-41(74)28-61-51(83)36(26-44(78)79)66-55(87)47(32(5)59(91)92)69-54(86)38-20-16-17-23-71(38)58(49)90/h13,15,30-39,46-49H,8-12,14,16-29,60H2,1-7H3,(H,61,83)(H,62,82)(H,63,85)(H,64,73)(H,65,74)(H,66,87)(H,67,75)(H,68,88)(H,69,86)(H,70,84)(H,76,77)(H,78,79)(H,80,81)(H,91,92)/b15-13-/t32?,33?,34?,35-,36-,37-,38-,39-,46-,47-,48+,49+/m0/s1. The molecule has 0 aromatic heterocycles. The van der Waals surface area contributed by atoms with E-state index in [4.69, 9.17) is 5.73 Å². The van der Waals surface area contributed by atoms with E-state index in [0.717, 1.165) is 55.2 Å². The number of nitrogens with zero attached hydrogens (tertiary/aromatic N) is 2. The van der Waals surface area contributed by atoms with E-state index >= 15 is 4.79 Å². The van der Waals surface area contributed by atoms with Crippen LogP contribution in [0.1, 0.15) is 151 Å². The SMILES string of the molecule is CC(C)CCCCCCC/C=C\CC(=O)N[C@@H](CC(=O)O)C(=O)N[C@H]1C(=O)N2CCCC[C@H]2C(=O)N[C@@H](C(C)C(=O)O)C(=O)N[C@@H](CC(=O)O)C(=O)NCC(=O)N[C@@H](CC(=O)O)C(=O)NCC(=O)N[C@H](C(C)N)C(=O)N[C@@H](C(C)C)C(=O)N2CCC[C@H]2C(=O)NC1C. The Bertz CT molecular complexity index is 2720. The second kappa shape index (κ2) is 38.2. The predicted octanol–water partition coefficient (Wildman–Crippen LogP) is -3.02. The summed E-state index contributed by atoms with van der Waals surface area (Å²) in [7, 11) is 0. The molecule has 16 N–H and O–H groups in total. The Morgan fingerprint density at radius 2 is 1.10 bits per heavy atom. The molecule has 12 atom stereocenters. The molecule has 3 heterocycles. The van der Waals surface area contributed by atoms with Gasteiger partial charge < -0.3 is 89.1 Å². The Morgan fingerprint density at radius 1 is 0.576 bits per heavy atom. The maximum Gasteiger partial charge on any atom is 0.308 e. The van der Waals surface area contributed by atoms with Crippen molar-refractivity contribution in [3.63, 3.8) is 0 Å². The first-order chi connectivity index (χ1) is 43.2. The average molecular weight is 1300 g/mol. The van der Waals surface area contributed by atoms with E-state index < -0.39 is 205 Å². The van der Waals surface area contributed by atoms with Gasteiger partial charge in [0.2, 0.25) is 70.9 Å². The number of hydrogen-bond donors (Lipinski definition) is 15. The molecule has 3 unspecified atom stereocenters. The molecule has 3 fully saturated rings. The number of nitrogens with one attached hydrogen (secondary N) is 10. The number of carboxylic acid groups (broad SMARTS) is 4. The minimum Gasteiger partial charge on any atom is -0.481 e. The van der Waals surface area contributed by atoms with Crippen molar-refractivity contribution < 1.29 is 97.1 Å². The maximum absolute atomic E-state index is 15.2. The van der Waals surface area contributed by atoms with Crippen molar-refractivity contribution in [1.82, 2.24) is 63.0 Å². The van der Waals surface area contributed by atoms with Crippen LogP contribution >= 0.6 is 0 Å². The molecule has 3 rings (SSSR count). The summed E-state index contributed by atoms with van der Waals surface area (Å²) in [6.07, 6.45) is 7.21. The number of nitrogens with two attached hydrogens (primary N) is 1. The molecule has 0 aliphatic carbocycles. The molecule has 33 heteroatoms. The number of hydrogen-bond acceptors (Lipinski definition) is 17. The minimum atomic E-state index is -2.15. The normalized spacial score (nSPS) is 25.2. The Morgan fingerprint density at radius 3 is 1.66 bits per heavy atom. The molecule has 0 saturated carbocycles. The number of rotatable bonds is 23. The number of carbonyl (C=O) groups is 16. The molecule has 12 amide bonds. The Hall–Kier alpha value is -8.78. The summed E-state index contributed by atoms with van der Waals surface area (Å²) in [6, 6.07) is -18.5. The van der Waals surface area contributed by atoms with E-state index in [2.05, 4.69) is 56.4 Å². The fraction of sp³-hybridized carbons (Fsp3) is 0.695. The van der Waals surface area contributed by atoms with E-state index in [9.17, 15) is 92.3 Å². The van der Waals surface area contributed by atoms with E-state index in [0.29, 0.717) is 12.3 Å². The van der Waals surface area contributed by atoms with Crippen molar-refractivity contribution >= 4 is 94.8 Å². The smallest absolute Gasteiger partial charge is 0.308 e. The van der Waals surface area contributed by atoms with Gasteiger partial charge in [0.25, 0.3) is 0 Å². The lowest BCUT2D eigenvalue weighted by molar-refractivity contribution is -0.150. The van der Waals surface area contributed by atoms with Gasteiger partial charge in [-0.25, -0.2) is 0 Å². The molecule has 92 heavy (non-hydrogen) atoms. The lowest BCUT2D eigenvalue weighted by atomic mass is 9.96. The van der Waals surface area contributed by atoms with Crippen LogP contribution in [0.4, 0.5) is 0 Å². The van der Waals surface area contributed by atoms with Crippen LogP contribution in [-0.2, 0) is 76.7 Å². The van der Waals surface area contributed by atoms with Crippen molar-refractivity contribution in [2.45, 2.75) is 218 Å².